The maximum atomic E-state index is 13.7. The molecular weight excluding hydrogens is 508 g/mol. The van der Waals surface area contributed by atoms with Crippen molar-refractivity contribution in [3.63, 3.8) is 0 Å². The molecule has 0 aliphatic heterocycles. The average Bonchev–Trinajstić information content (AvgIpc) is 3.12. The minimum atomic E-state index is -0.0711. The fourth-order valence-corrected chi connectivity index (χ4v) is 5.93. The van der Waals surface area contributed by atoms with E-state index in [2.05, 4.69) is 27.3 Å². The van der Waals surface area contributed by atoms with E-state index < -0.39 is 0 Å². The molecule has 2 aromatic carbocycles. The van der Waals surface area contributed by atoms with Crippen LogP contribution in [0.3, 0.4) is 0 Å². The Kier molecular flexibility index (Phi) is 8.22. The topological polar surface area (TPSA) is 50.7 Å². The lowest BCUT2D eigenvalue weighted by atomic mass is 9.96. The van der Waals surface area contributed by atoms with Crippen LogP contribution < -0.4 is 10.1 Å². The molecule has 3 aromatic rings. The minimum absolute atomic E-state index is 0.0711. The third kappa shape index (κ3) is 5.78. The van der Waals surface area contributed by atoms with Crippen molar-refractivity contribution in [2.75, 3.05) is 11.9 Å². The van der Waals surface area contributed by atoms with Gasteiger partial charge in [0.15, 0.2) is 0 Å². The Bertz CT molecular complexity index is 1220. The second-order valence-corrected chi connectivity index (χ2v) is 10.7. The predicted molar refractivity (Wildman–Crippen MR) is 147 cm³/mol. The summed E-state index contributed by atoms with van der Waals surface area (Å²) in [6.07, 6.45) is 8.49. The molecule has 0 unspecified atom stereocenters. The number of aliphatic imine (C=N–C) groups is 1. The SMILES string of the molecule is CCOc1ccc(Br)cc1C=Nc1sc2c(c1C(=O)Nc1cc(C)ccc1C)CCCCCC2. The highest BCUT2D eigenvalue weighted by atomic mass is 79.9. The highest BCUT2D eigenvalue weighted by molar-refractivity contribution is 9.10. The number of fused-ring (bicyclic) bond motifs is 1. The zero-order chi connectivity index (χ0) is 24.1. The van der Waals surface area contributed by atoms with Gasteiger partial charge in [-0.25, -0.2) is 4.99 Å². The maximum Gasteiger partial charge on any atom is 0.259 e. The number of nitrogens with zero attached hydrogens (tertiary/aromatic N) is 1. The lowest BCUT2D eigenvalue weighted by Gasteiger charge is -2.13. The quantitative estimate of drug-likeness (QED) is 0.321. The Hall–Kier alpha value is -2.44. The molecule has 4 rings (SSSR count). The van der Waals surface area contributed by atoms with Crippen LogP contribution in [0.1, 0.15) is 70.1 Å². The van der Waals surface area contributed by atoms with E-state index in [-0.39, 0.29) is 5.91 Å². The summed E-state index contributed by atoms with van der Waals surface area (Å²) in [6.45, 7) is 6.62. The number of nitrogens with one attached hydrogen (secondary N) is 1. The van der Waals surface area contributed by atoms with Gasteiger partial charge in [0.1, 0.15) is 10.8 Å². The summed E-state index contributed by atoms with van der Waals surface area (Å²) in [5, 5.41) is 3.96. The molecule has 34 heavy (non-hydrogen) atoms. The summed E-state index contributed by atoms with van der Waals surface area (Å²) in [5.41, 5.74) is 5.83. The van der Waals surface area contributed by atoms with Gasteiger partial charge in [0.05, 0.1) is 12.2 Å². The van der Waals surface area contributed by atoms with Crippen LogP contribution in [0.15, 0.2) is 45.9 Å². The monoisotopic (exact) mass is 538 g/mol. The van der Waals surface area contributed by atoms with Crippen LogP contribution in [0.4, 0.5) is 10.7 Å². The summed E-state index contributed by atoms with van der Waals surface area (Å²) in [7, 11) is 0. The normalized spacial score (nSPS) is 13.9. The van der Waals surface area contributed by atoms with E-state index in [4.69, 9.17) is 9.73 Å². The van der Waals surface area contributed by atoms with Gasteiger partial charge in [-0.1, -0.05) is 40.9 Å². The van der Waals surface area contributed by atoms with Crippen molar-refractivity contribution in [2.24, 2.45) is 4.99 Å². The molecule has 0 bridgehead atoms. The number of aryl methyl sites for hydroxylation is 3. The summed E-state index contributed by atoms with van der Waals surface area (Å²) in [4.78, 5) is 19.8. The second kappa shape index (κ2) is 11.3. The van der Waals surface area contributed by atoms with Crippen LogP contribution >= 0.6 is 27.3 Å². The number of ether oxygens (including phenoxy) is 1. The second-order valence-electron chi connectivity index (χ2n) is 8.74. The molecule has 1 heterocycles. The molecule has 1 aromatic heterocycles. The van der Waals surface area contributed by atoms with Crippen molar-refractivity contribution < 1.29 is 9.53 Å². The van der Waals surface area contributed by atoms with Crippen molar-refractivity contribution in [3.8, 4) is 5.75 Å². The predicted octanol–water partition coefficient (Wildman–Crippen LogP) is 8.19. The van der Waals surface area contributed by atoms with Crippen LogP contribution in [0, 0.1) is 13.8 Å². The summed E-state index contributed by atoms with van der Waals surface area (Å²) in [6, 6.07) is 12.0. The smallest absolute Gasteiger partial charge is 0.259 e. The average molecular weight is 540 g/mol. The molecule has 1 aliphatic carbocycles. The first-order valence-corrected chi connectivity index (χ1v) is 13.6. The van der Waals surface area contributed by atoms with Gasteiger partial charge < -0.3 is 10.1 Å². The van der Waals surface area contributed by atoms with Crippen LogP contribution in [-0.4, -0.2) is 18.7 Å². The molecule has 0 atom stereocenters. The largest absolute Gasteiger partial charge is 0.493 e. The van der Waals surface area contributed by atoms with Gasteiger partial charge in [-0.3, -0.25) is 4.79 Å². The zero-order valence-electron chi connectivity index (χ0n) is 20.0. The zero-order valence-corrected chi connectivity index (χ0v) is 22.4. The number of amides is 1. The molecule has 0 spiro atoms. The number of hydrogen-bond donors (Lipinski definition) is 1. The minimum Gasteiger partial charge on any atom is -0.493 e. The Morgan fingerprint density at radius 3 is 2.71 bits per heavy atom. The molecule has 1 amide bonds. The van der Waals surface area contributed by atoms with E-state index in [1.807, 2.05) is 57.3 Å². The van der Waals surface area contributed by atoms with Crippen LogP contribution in [0.2, 0.25) is 0 Å². The fourth-order valence-electron chi connectivity index (χ4n) is 4.32. The van der Waals surface area contributed by atoms with Crippen LogP contribution in [0.5, 0.6) is 5.75 Å². The first-order chi connectivity index (χ1) is 16.5. The number of halogens is 1. The summed E-state index contributed by atoms with van der Waals surface area (Å²) >= 11 is 5.21. The van der Waals surface area contributed by atoms with Gasteiger partial charge in [0.2, 0.25) is 0 Å². The van der Waals surface area contributed by atoms with E-state index in [1.54, 1.807) is 11.3 Å². The Labute approximate surface area is 214 Å². The highest BCUT2D eigenvalue weighted by Crippen LogP contribution is 2.39. The van der Waals surface area contributed by atoms with Gasteiger partial charge in [0, 0.05) is 26.8 Å². The lowest BCUT2D eigenvalue weighted by molar-refractivity contribution is 0.102. The molecule has 0 fully saturated rings. The number of thiophene rings is 1. The van der Waals surface area contributed by atoms with E-state index in [0.29, 0.717) is 6.61 Å². The van der Waals surface area contributed by atoms with E-state index >= 15 is 0 Å². The van der Waals surface area contributed by atoms with Crippen molar-refractivity contribution in [1.82, 2.24) is 0 Å². The van der Waals surface area contributed by atoms with Gasteiger partial charge in [-0.05, 0) is 87.4 Å². The Balaban J connectivity index is 1.75. The Morgan fingerprint density at radius 2 is 1.91 bits per heavy atom. The number of hydrogen-bond acceptors (Lipinski definition) is 4. The number of carbonyl (C=O) groups excluding carboxylic acids is 1. The van der Waals surface area contributed by atoms with Crippen molar-refractivity contribution in [1.29, 1.82) is 0 Å². The third-order valence-corrected chi connectivity index (χ3v) is 7.81. The fraction of sp³-hybridized carbons (Fsp3) is 0.357. The highest BCUT2D eigenvalue weighted by Gasteiger charge is 2.24. The molecule has 1 N–H and O–H groups in total. The van der Waals surface area contributed by atoms with Crippen LogP contribution in [0.25, 0.3) is 0 Å². The van der Waals surface area contributed by atoms with Crippen molar-refractivity contribution in [2.45, 2.75) is 59.3 Å². The molecule has 4 nitrogen and oxygen atoms in total. The number of rotatable bonds is 6. The first kappa shape index (κ1) is 24.7. The third-order valence-electron chi connectivity index (χ3n) is 6.11. The molecule has 6 heteroatoms. The summed E-state index contributed by atoms with van der Waals surface area (Å²) < 4.78 is 6.75. The maximum absolute atomic E-state index is 13.7. The molecule has 1 aliphatic rings. The van der Waals surface area contributed by atoms with Gasteiger partial charge >= 0.3 is 0 Å². The first-order valence-electron chi connectivity index (χ1n) is 12.0. The van der Waals surface area contributed by atoms with Crippen LogP contribution in [-0.2, 0) is 12.8 Å². The van der Waals surface area contributed by atoms with Crippen molar-refractivity contribution in [3.05, 3.63) is 73.6 Å². The van der Waals surface area contributed by atoms with E-state index in [0.717, 1.165) is 68.8 Å². The molecule has 0 saturated heterocycles. The molecule has 0 radical (unpaired) electrons. The standard InChI is InChI=1S/C28H31BrN2O2S/c1-4-33-24-14-13-21(29)16-20(24)17-30-28-26(22-9-7-5-6-8-10-25(22)34-28)27(32)31-23-15-18(2)11-12-19(23)3/h11-17H,4-10H2,1-3H3,(H,31,32). The number of anilines is 1. The van der Waals surface area contributed by atoms with E-state index in [9.17, 15) is 4.79 Å². The van der Waals surface area contributed by atoms with E-state index in [1.165, 1.54) is 23.3 Å². The van der Waals surface area contributed by atoms with Gasteiger partial charge in [-0.2, -0.15) is 0 Å². The van der Waals surface area contributed by atoms with Gasteiger partial charge in [-0.15, -0.1) is 11.3 Å². The lowest BCUT2D eigenvalue weighted by Crippen LogP contribution is -2.15. The molecule has 0 saturated carbocycles. The summed E-state index contributed by atoms with van der Waals surface area (Å²) in [5.74, 6) is 0.712. The van der Waals surface area contributed by atoms with Gasteiger partial charge in [0.25, 0.3) is 5.91 Å². The number of benzene rings is 2. The molecular formula is C28H31BrN2O2S. The molecule has 178 valence electrons. The van der Waals surface area contributed by atoms with Crippen molar-refractivity contribution >= 4 is 50.1 Å². The Morgan fingerprint density at radius 1 is 1.12 bits per heavy atom. The number of carbonyl (C=O) groups is 1.